The van der Waals surface area contributed by atoms with Crippen LogP contribution in [0.15, 0.2) is 48.5 Å². The normalized spacial score (nSPS) is 9.75. The number of carbonyl (C=O) groups is 2. The van der Waals surface area contributed by atoms with Crippen LogP contribution in [0.2, 0.25) is 5.02 Å². The number of hydrogen-bond acceptors (Lipinski definition) is 4. The van der Waals surface area contributed by atoms with Crippen LogP contribution in [0.1, 0.15) is 20.7 Å². The van der Waals surface area contributed by atoms with Crippen molar-refractivity contribution in [1.29, 1.82) is 0 Å². The fourth-order valence-electron chi connectivity index (χ4n) is 1.78. The van der Waals surface area contributed by atoms with Gasteiger partial charge in [-0.2, -0.15) is 0 Å². The van der Waals surface area contributed by atoms with Crippen LogP contribution in [-0.4, -0.2) is 24.0 Å². The molecule has 2 amide bonds. The quantitative estimate of drug-likeness (QED) is 0.576. The van der Waals surface area contributed by atoms with Gasteiger partial charge in [-0.3, -0.25) is 25.8 Å². The molecule has 0 radical (unpaired) electrons. The highest BCUT2D eigenvalue weighted by atomic mass is 35.5. The second-order valence-corrected chi connectivity index (χ2v) is 5.39. The van der Waals surface area contributed by atoms with Crippen molar-refractivity contribution in [1.82, 2.24) is 16.2 Å². The lowest BCUT2D eigenvalue weighted by atomic mass is 10.2. The molecule has 2 aromatic carbocycles. The summed E-state index contributed by atoms with van der Waals surface area (Å²) in [5.74, 6) is -0.245. The molecule has 0 saturated heterocycles. The molecule has 0 unspecified atom stereocenters. The molecule has 124 valence electrons. The molecular formula is C16H14ClN3O3S. The van der Waals surface area contributed by atoms with Gasteiger partial charge in [-0.25, -0.2) is 0 Å². The van der Waals surface area contributed by atoms with Gasteiger partial charge in [-0.15, -0.1) is 0 Å². The molecule has 0 saturated carbocycles. The van der Waals surface area contributed by atoms with E-state index >= 15 is 0 Å². The SMILES string of the molecule is COc1ccc(C(=O)NNC(=S)NC(=O)c2ccccc2Cl)cc1. The van der Waals surface area contributed by atoms with E-state index in [0.29, 0.717) is 16.3 Å². The molecule has 0 spiro atoms. The number of hydrogen-bond donors (Lipinski definition) is 3. The zero-order chi connectivity index (χ0) is 17.5. The molecule has 0 aromatic heterocycles. The number of carbonyl (C=O) groups excluding carboxylic acids is 2. The van der Waals surface area contributed by atoms with E-state index < -0.39 is 11.8 Å². The smallest absolute Gasteiger partial charge is 0.269 e. The number of methoxy groups -OCH3 is 1. The van der Waals surface area contributed by atoms with Gasteiger partial charge in [0.1, 0.15) is 5.75 Å². The monoisotopic (exact) mass is 363 g/mol. The molecule has 2 aromatic rings. The molecular weight excluding hydrogens is 350 g/mol. The Balaban J connectivity index is 1.87. The van der Waals surface area contributed by atoms with E-state index in [1.54, 1.807) is 48.5 Å². The highest BCUT2D eigenvalue weighted by Crippen LogP contribution is 2.14. The van der Waals surface area contributed by atoms with Crippen molar-refractivity contribution < 1.29 is 14.3 Å². The first-order valence-electron chi connectivity index (χ1n) is 6.81. The Morgan fingerprint density at radius 1 is 1.00 bits per heavy atom. The van der Waals surface area contributed by atoms with Gasteiger partial charge < -0.3 is 4.74 Å². The summed E-state index contributed by atoms with van der Waals surface area (Å²) in [5.41, 5.74) is 5.53. The molecule has 0 aliphatic carbocycles. The van der Waals surface area contributed by atoms with Gasteiger partial charge in [0.25, 0.3) is 11.8 Å². The maximum atomic E-state index is 12.0. The number of amides is 2. The van der Waals surface area contributed by atoms with Crippen molar-refractivity contribution in [2.75, 3.05) is 7.11 Å². The number of nitrogens with one attached hydrogen (secondary N) is 3. The van der Waals surface area contributed by atoms with E-state index in [0.717, 1.165) is 0 Å². The van der Waals surface area contributed by atoms with E-state index in [1.165, 1.54) is 7.11 Å². The summed E-state index contributed by atoms with van der Waals surface area (Å²) in [6, 6.07) is 13.1. The summed E-state index contributed by atoms with van der Waals surface area (Å²) >= 11 is 10.9. The van der Waals surface area contributed by atoms with Crippen LogP contribution in [0.4, 0.5) is 0 Å². The second-order valence-electron chi connectivity index (χ2n) is 4.57. The lowest BCUT2D eigenvalue weighted by Crippen LogP contribution is -2.48. The molecule has 6 nitrogen and oxygen atoms in total. The van der Waals surface area contributed by atoms with Crippen LogP contribution in [0.25, 0.3) is 0 Å². The maximum absolute atomic E-state index is 12.0. The molecule has 0 fully saturated rings. The molecule has 0 atom stereocenters. The number of ether oxygens (including phenoxy) is 1. The summed E-state index contributed by atoms with van der Waals surface area (Å²) in [6.45, 7) is 0. The topological polar surface area (TPSA) is 79.5 Å². The standard InChI is InChI=1S/C16H14ClN3O3S/c1-23-11-8-6-10(7-9-11)14(21)19-20-16(24)18-15(22)12-4-2-3-5-13(12)17/h2-9H,1H3,(H,19,21)(H2,18,20,22,24). The minimum absolute atomic E-state index is 0.0539. The zero-order valence-electron chi connectivity index (χ0n) is 12.6. The largest absolute Gasteiger partial charge is 0.497 e. The average Bonchev–Trinajstić information content (AvgIpc) is 2.60. The predicted octanol–water partition coefficient (Wildman–Crippen LogP) is 2.30. The zero-order valence-corrected chi connectivity index (χ0v) is 14.2. The number of halogens is 1. The van der Waals surface area contributed by atoms with Crippen LogP contribution < -0.4 is 20.9 Å². The first-order chi connectivity index (χ1) is 11.5. The van der Waals surface area contributed by atoms with Crippen LogP contribution in [0, 0.1) is 0 Å². The minimum atomic E-state index is -0.475. The Labute approximate surface area is 149 Å². The van der Waals surface area contributed by atoms with Crippen LogP contribution in [0.5, 0.6) is 5.75 Å². The van der Waals surface area contributed by atoms with Gasteiger partial charge in [-0.05, 0) is 48.6 Å². The summed E-state index contributed by atoms with van der Waals surface area (Å²) < 4.78 is 5.02. The van der Waals surface area contributed by atoms with Gasteiger partial charge >= 0.3 is 0 Å². The average molecular weight is 364 g/mol. The van der Waals surface area contributed by atoms with Crippen LogP contribution >= 0.6 is 23.8 Å². The van der Waals surface area contributed by atoms with Crippen molar-refractivity contribution in [3.63, 3.8) is 0 Å². The third-order valence-corrected chi connectivity index (χ3v) is 3.52. The van der Waals surface area contributed by atoms with Gasteiger partial charge in [0.05, 0.1) is 17.7 Å². The fourth-order valence-corrected chi connectivity index (χ4v) is 2.14. The molecule has 8 heteroatoms. The molecule has 0 bridgehead atoms. The number of rotatable bonds is 3. The fraction of sp³-hybridized carbons (Fsp3) is 0.0625. The molecule has 2 rings (SSSR count). The number of benzene rings is 2. The molecule has 0 aliphatic rings. The number of thiocarbonyl (C=S) groups is 1. The van der Waals surface area contributed by atoms with Crippen molar-refractivity contribution in [2.45, 2.75) is 0 Å². The first-order valence-corrected chi connectivity index (χ1v) is 7.60. The highest BCUT2D eigenvalue weighted by Gasteiger charge is 2.12. The van der Waals surface area contributed by atoms with Gasteiger partial charge in [-0.1, -0.05) is 23.7 Å². The Hall–Kier alpha value is -2.64. The second kappa shape index (κ2) is 8.28. The lowest BCUT2D eigenvalue weighted by Gasteiger charge is -2.11. The maximum Gasteiger partial charge on any atom is 0.269 e. The van der Waals surface area contributed by atoms with Crippen molar-refractivity contribution in [2.24, 2.45) is 0 Å². The van der Waals surface area contributed by atoms with Crippen LogP contribution in [0.3, 0.4) is 0 Å². The van der Waals surface area contributed by atoms with E-state index in [1.807, 2.05) is 0 Å². The summed E-state index contributed by atoms with van der Waals surface area (Å²) in [6.07, 6.45) is 0. The molecule has 0 heterocycles. The third kappa shape index (κ3) is 4.68. The Morgan fingerprint density at radius 3 is 2.29 bits per heavy atom. The van der Waals surface area contributed by atoms with Crippen LogP contribution in [-0.2, 0) is 0 Å². The van der Waals surface area contributed by atoms with E-state index in [2.05, 4.69) is 16.2 Å². The Bertz CT molecular complexity index is 765. The Morgan fingerprint density at radius 2 is 1.67 bits per heavy atom. The summed E-state index contributed by atoms with van der Waals surface area (Å²) in [5, 5.41) is 2.68. The van der Waals surface area contributed by atoms with Crippen molar-refractivity contribution in [3.8, 4) is 5.75 Å². The molecule has 0 aliphatic heterocycles. The molecule has 3 N–H and O–H groups in total. The predicted molar refractivity (Wildman–Crippen MR) is 95.1 cm³/mol. The van der Waals surface area contributed by atoms with E-state index in [-0.39, 0.29) is 10.7 Å². The Kier molecular flexibility index (Phi) is 6.11. The highest BCUT2D eigenvalue weighted by molar-refractivity contribution is 7.80. The van der Waals surface area contributed by atoms with E-state index in [4.69, 9.17) is 28.6 Å². The minimum Gasteiger partial charge on any atom is -0.497 e. The van der Waals surface area contributed by atoms with Crippen molar-refractivity contribution in [3.05, 3.63) is 64.7 Å². The first kappa shape index (κ1) is 17.7. The van der Waals surface area contributed by atoms with Gasteiger partial charge in [0, 0.05) is 5.56 Å². The summed E-state index contributed by atoms with van der Waals surface area (Å²) in [4.78, 5) is 24.0. The molecule has 24 heavy (non-hydrogen) atoms. The van der Waals surface area contributed by atoms with Crippen molar-refractivity contribution >= 4 is 40.7 Å². The van der Waals surface area contributed by atoms with Gasteiger partial charge in [0.15, 0.2) is 5.11 Å². The lowest BCUT2D eigenvalue weighted by molar-refractivity contribution is 0.0934. The van der Waals surface area contributed by atoms with Gasteiger partial charge in [0.2, 0.25) is 0 Å². The summed E-state index contributed by atoms with van der Waals surface area (Å²) in [7, 11) is 1.54. The van der Waals surface area contributed by atoms with E-state index in [9.17, 15) is 9.59 Å². The third-order valence-electron chi connectivity index (χ3n) is 2.99. The number of hydrazine groups is 1.